The quantitative estimate of drug-likeness (QED) is 0.858. The smallest absolute Gasteiger partial charge is 0.114 e. The summed E-state index contributed by atoms with van der Waals surface area (Å²) in [5.41, 5.74) is 12.3. The fourth-order valence-electron chi connectivity index (χ4n) is 4.71. The molecule has 1 saturated heterocycles. The fourth-order valence-corrected chi connectivity index (χ4v) is 4.71. The van der Waals surface area contributed by atoms with Crippen LogP contribution in [0.3, 0.4) is 0 Å². The molecule has 1 aromatic rings. The van der Waals surface area contributed by atoms with Crippen LogP contribution in [0.25, 0.3) is 5.57 Å². The van der Waals surface area contributed by atoms with Gasteiger partial charge < -0.3 is 15.2 Å². The maximum Gasteiger partial charge on any atom is 0.114 e. The normalized spacial score (nSPS) is 34.1. The molecule has 1 fully saturated rings. The molecule has 0 bridgehead atoms. The van der Waals surface area contributed by atoms with Crippen molar-refractivity contribution in [3.63, 3.8) is 0 Å². The molecule has 4 aliphatic rings. The molecule has 1 heterocycles. The highest BCUT2D eigenvalue weighted by Gasteiger charge is 2.48. The van der Waals surface area contributed by atoms with Crippen LogP contribution < -0.4 is 5.73 Å². The van der Waals surface area contributed by atoms with Gasteiger partial charge in [0, 0.05) is 12.0 Å². The van der Waals surface area contributed by atoms with Gasteiger partial charge in [0.1, 0.15) is 24.4 Å². The van der Waals surface area contributed by atoms with Gasteiger partial charge in [-0.2, -0.15) is 0 Å². The van der Waals surface area contributed by atoms with Crippen LogP contribution in [0.2, 0.25) is 0 Å². The molecule has 3 nitrogen and oxygen atoms in total. The molecule has 3 heteroatoms. The average molecular weight is 333 g/mol. The van der Waals surface area contributed by atoms with Gasteiger partial charge >= 0.3 is 0 Å². The van der Waals surface area contributed by atoms with Crippen LogP contribution in [-0.2, 0) is 14.9 Å². The number of ether oxygens (including phenoxy) is 2. The molecule has 1 aromatic carbocycles. The number of rotatable bonds is 1. The molecule has 3 aliphatic carbocycles. The Morgan fingerprint density at radius 1 is 1.04 bits per heavy atom. The molecule has 2 N–H and O–H groups in total. The number of nitrogens with two attached hydrogens (primary N) is 1. The van der Waals surface area contributed by atoms with Crippen molar-refractivity contribution in [2.24, 2.45) is 5.73 Å². The van der Waals surface area contributed by atoms with Crippen LogP contribution in [0.5, 0.6) is 0 Å². The van der Waals surface area contributed by atoms with E-state index >= 15 is 0 Å². The Morgan fingerprint density at radius 3 is 2.64 bits per heavy atom. The molecule has 0 aromatic heterocycles. The second-order valence-electron chi connectivity index (χ2n) is 7.73. The first-order chi connectivity index (χ1) is 12.1. The van der Waals surface area contributed by atoms with Crippen LogP contribution in [0.1, 0.15) is 25.0 Å². The zero-order valence-corrected chi connectivity index (χ0v) is 14.6. The van der Waals surface area contributed by atoms with E-state index < -0.39 is 0 Å². The Kier molecular flexibility index (Phi) is 3.23. The summed E-state index contributed by atoms with van der Waals surface area (Å²) in [6.45, 7) is 5.09. The SMILES string of the molecule is CC1(C)C2=C(c3ccccc31)C1OC3C=CC=C(CN)C3OC1C=C2. The van der Waals surface area contributed by atoms with Crippen molar-refractivity contribution in [1.82, 2.24) is 0 Å². The minimum absolute atomic E-state index is 0.00166. The topological polar surface area (TPSA) is 44.5 Å². The highest BCUT2D eigenvalue weighted by atomic mass is 16.6. The van der Waals surface area contributed by atoms with Crippen LogP contribution in [-0.4, -0.2) is 31.0 Å². The van der Waals surface area contributed by atoms with E-state index in [-0.39, 0.29) is 29.8 Å². The van der Waals surface area contributed by atoms with Gasteiger partial charge in [0.2, 0.25) is 0 Å². The maximum atomic E-state index is 6.57. The number of fused-ring (bicyclic) bond motifs is 5. The van der Waals surface area contributed by atoms with E-state index in [2.05, 4.69) is 62.4 Å². The number of allylic oxidation sites excluding steroid dienone is 4. The highest BCUT2D eigenvalue weighted by Crippen LogP contribution is 2.52. The lowest BCUT2D eigenvalue weighted by molar-refractivity contribution is -0.160. The monoisotopic (exact) mass is 333 g/mol. The van der Waals surface area contributed by atoms with E-state index in [0.717, 1.165) is 5.57 Å². The molecular formula is C22H23NO2. The molecule has 0 amide bonds. The van der Waals surface area contributed by atoms with Gasteiger partial charge in [0.15, 0.2) is 0 Å². The molecule has 25 heavy (non-hydrogen) atoms. The van der Waals surface area contributed by atoms with E-state index in [0.29, 0.717) is 6.54 Å². The van der Waals surface area contributed by atoms with Crippen molar-refractivity contribution in [3.05, 3.63) is 76.9 Å². The molecule has 0 saturated carbocycles. The third-order valence-corrected chi connectivity index (χ3v) is 6.01. The molecular weight excluding hydrogens is 310 g/mol. The molecule has 4 atom stereocenters. The first-order valence-electron chi connectivity index (χ1n) is 9.02. The second-order valence-corrected chi connectivity index (χ2v) is 7.73. The summed E-state index contributed by atoms with van der Waals surface area (Å²) >= 11 is 0. The molecule has 128 valence electrons. The van der Waals surface area contributed by atoms with Gasteiger partial charge in [-0.1, -0.05) is 68.5 Å². The van der Waals surface area contributed by atoms with E-state index in [9.17, 15) is 0 Å². The largest absolute Gasteiger partial charge is 0.360 e. The Hall–Kier alpha value is -1.94. The lowest BCUT2D eigenvalue weighted by atomic mass is 9.79. The summed E-state index contributed by atoms with van der Waals surface area (Å²) in [7, 11) is 0. The first kappa shape index (κ1) is 15.3. The Balaban J connectivity index is 1.58. The van der Waals surface area contributed by atoms with Crippen molar-refractivity contribution >= 4 is 5.57 Å². The number of hydrogen-bond donors (Lipinski definition) is 1. The van der Waals surface area contributed by atoms with Crippen molar-refractivity contribution in [1.29, 1.82) is 0 Å². The standard InChI is InChI=1S/C22H23NO2/c1-22(2)15-8-4-3-7-14(15)19-16(22)10-11-18-21(19)25-17-9-5-6-13(12-23)20(17)24-18/h3-11,17-18,20-21H,12,23H2,1-2H3. The van der Waals surface area contributed by atoms with Gasteiger partial charge in [-0.05, 0) is 27.8 Å². The summed E-state index contributed by atoms with van der Waals surface area (Å²) in [6, 6.07) is 8.68. The lowest BCUT2D eigenvalue weighted by Gasteiger charge is -2.44. The van der Waals surface area contributed by atoms with Crippen LogP contribution in [0.4, 0.5) is 0 Å². The van der Waals surface area contributed by atoms with E-state index in [1.54, 1.807) is 0 Å². The van der Waals surface area contributed by atoms with Crippen LogP contribution in [0, 0.1) is 0 Å². The van der Waals surface area contributed by atoms with Gasteiger partial charge in [0.25, 0.3) is 0 Å². The zero-order chi connectivity index (χ0) is 17.2. The van der Waals surface area contributed by atoms with Gasteiger partial charge in [-0.25, -0.2) is 0 Å². The third-order valence-electron chi connectivity index (χ3n) is 6.01. The summed E-state index contributed by atoms with van der Waals surface area (Å²) in [5, 5.41) is 0. The number of benzene rings is 1. The summed E-state index contributed by atoms with van der Waals surface area (Å²) in [6.07, 6.45) is 10.3. The van der Waals surface area contributed by atoms with Crippen molar-refractivity contribution in [3.8, 4) is 0 Å². The number of hydrogen-bond acceptors (Lipinski definition) is 3. The van der Waals surface area contributed by atoms with Gasteiger partial charge in [0.05, 0.1) is 0 Å². The summed E-state index contributed by atoms with van der Waals surface area (Å²) < 4.78 is 13.0. The summed E-state index contributed by atoms with van der Waals surface area (Å²) in [5.74, 6) is 0. The Bertz CT molecular complexity index is 859. The third kappa shape index (κ3) is 2.03. The highest BCUT2D eigenvalue weighted by molar-refractivity contribution is 5.86. The predicted octanol–water partition coefficient (Wildman–Crippen LogP) is 3.28. The zero-order valence-electron chi connectivity index (χ0n) is 14.6. The predicted molar refractivity (Wildman–Crippen MR) is 99.1 cm³/mol. The molecule has 1 aliphatic heterocycles. The fraction of sp³-hybridized carbons (Fsp3) is 0.364. The van der Waals surface area contributed by atoms with Crippen molar-refractivity contribution < 1.29 is 9.47 Å². The second kappa shape index (κ2) is 5.28. The Labute approximate surface area is 148 Å². The van der Waals surface area contributed by atoms with Crippen molar-refractivity contribution in [2.75, 3.05) is 6.54 Å². The van der Waals surface area contributed by atoms with E-state index in [1.807, 2.05) is 6.08 Å². The van der Waals surface area contributed by atoms with Gasteiger partial charge in [-0.3, -0.25) is 0 Å². The average Bonchev–Trinajstić information content (AvgIpc) is 2.87. The van der Waals surface area contributed by atoms with Gasteiger partial charge in [-0.15, -0.1) is 0 Å². The maximum absolute atomic E-state index is 6.57. The molecule has 5 rings (SSSR count). The van der Waals surface area contributed by atoms with Crippen molar-refractivity contribution in [2.45, 2.75) is 43.7 Å². The summed E-state index contributed by atoms with van der Waals surface area (Å²) in [4.78, 5) is 0. The minimum Gasteiger partial charge on any atom is -0.360 e. The van der Waals surface area contributed by atoms with E-state index in [1.165, 1.54) is 22.3 Å². The Morgan fingerprint density at radius 2 is 1.80 bits per heavy atom. The van der Waals surface area contributed by atoms with Crippen LogP contribution in [0.15, 0.2) is 65.8 Å². The lowest BCUT2D eigenvalue weighted by Crippen LogP contribution is -2.51. The van der Waals surface area contributed by atoms with E-state index in [4.69, 9.17) is 15.2 Å². The molecule has 0 spiro atoms. The molecule has 4 unspecified atom stereocenters. The minimum atomic E-state index is -0.0762. The van der Waals surface area contributed by atoms with Crippen LogP contribution >= 0.6 is 0 Å². The first-order valence-corrected chi connectivity index (χ1v) is 9.02. The molecule has 0 radical (unpaired) electrons.